The number of nitrogens with zero attached hydrogens (tertiary/aromatic N) is 1. The first-order valence-electron chi connectivity index (χ1n) is 10.8. The molecule has 0 bridgehead atoms. The minimum Gasteiger partial charge on any atom is -0.493 e. The van der Waals surface area contributed by atoms with Gasteiger partial charge in [0.1, 0.15) is 6.61 Å². The van der Waals surface area contributed by atoms with Crippen molar-refractivity contribution in [3.63, 3.8) is 0 Å². The van der Waals surface area contributed by atoms with Crippen LogP contribution in [-0.2, 0) is 19.6 Å². The van der Waals surface area contributed by atoms with Gasteiger partial charge in [0.2, 0.25) is 0 Å². The Morgan fingerprint density at radius 3 is 2.45 bits per heavy atom. The molecule has 0 fully saturated rings. The van der Waals surface area contributed by atoms with Crippen LogP contribution in [0.1, 0.15) is 23.6 Å². The smallest absolute Gasteiger partial charge is 0.317 e. The number of urea groups is 1. The summed E-state index contributed by atoms with van der Waals surface area (Å²) in [6, 6.07) is 20.9. The number of carbonyl (C=O) groups excluding carboxylic acids is 1. The predicted molar refractivity (Wildman–Crippen MR) is 133 cm³/mol. The molecule has 0 unspecified atom stereocenters. The molecule has 0 aliphatic carbocycles. The van der Waals surface area contributed by atoms with E-state index in [9.17, 15) is 4.79 Å². The average Bonchev–Trinajstić information content (AvgIpc) is 2.82. The second kappa shape index (κ2) is 12.4. The van der Waals surface area contributed by atoms with Crippen LogP contribution in [0.5, 0.6) is 11.5 Å². The summed E-state index contributed by atoms with van der Waals surface area (Å²) in [6.07, 6.45) is 0.612. The highest BCUT2D eigenvalue weighted by atomic mass is 35.5. The van der Waals surface area contributed by atoms with Gasteiger partial charge >= 0.3 is 6.03 Å². The molecule has 0 aliphatic rings. The van der Waals surface area contributed by atoms with Gasteiger partial charge in [-0.2, -0.15) is 0 Å². The summed E-state index contributed by atoms with van der Waals surface area (Å²) in [5.41, 5.74) is 2.94. The number of rotatable bonds is 10. The van der Waals surface area contributed by atoms with Gasteiger partial charge in [-0.3, -0.25) is 0 Å². The third-order valence-corrected chi connectivity index (χ3v) is 5.71. The summed E-state index contributed by atoms with van der Waals surface area (Å²) >= 11 is 12.3. The third-order valence-electron chi connectivity index (χ3n) is 5.12. The van der Waals surface area contributed by atoms with Crippen molar-refractivity contribution in [2.24, 2.45) is 0 Å². The second-order valence-corrected chi connectivity index (χ2v) is 8.35. The van der Waals surface area contributed by atoms with Crippen molar-refractivity contribution in [2.75, 3.05) is 20.2 Å². The minimum atomic E-state index is -0.134. The molecule has 3 aromatic rings. The van der Waals surface area contributed by atoms with Gasteiger partial charge in [-0.15, -0.1) is 0 Å². The molecular formula is C26H28Cl2N2O3. The maximum absolute atomic E-state index is 12.7. The molecule has 2 amide bonds. The zero-order chi connectivity index (χ0) is 23.6. The van der Waals surface area contributed by atoms with Crippen LogP contribution < -0.4 is 14.8 Å². The maximum atomic E-state index is 12.7. The zero-order valence-electron chi connectivity index (χ0n) is 18.8. The van der Waals surface area contributed by atoms with E-state index in [1.54, 1.807) is 24.1 Å². The highest BCUT2D eigenvalue weighted by Crippen LogP contribution is 2.29. The number of carbonyl (C=O) groups is 1. The molecular weight excluding hydrogens is 459 g/mol. The number of ether oxygens (including phenoxy) is 2. The number of halogens is 2. The Hall–Kier alpha value is -2.89. The number of benzene rings is 3. The van der Waals surface area contributed by atoms with Gasteiger partial charge in [0.05, 0.1) is 7.11 Å². The van der Waals surface area contributed by atoms with Crippen LogP contribution in [0, 0.1) is 0 Å². The van der Waals surface area contributed by atoms with E-state index < -0.39 is 0 Å². The molecule has 0 saturated carbocycles. The maximum Gasteiger partial charge on any atom is 0.317 e. The van der Waals surface area contributed by atoms with Crippen LogP contribution >= 0.6 is 23.2 Å². The van der Waals surface area contributed by atoms with Crippen LogP contribution in [0.4, 0.5) is 4.79 Å². The van der Waals surface area contributed by atoms with Gasteiger partial charge in [-0.25, -0.2) is 4.79 Å². The Kier molecular flexibility index (Phi) is 9.28. The number of nitrogens with one attached hydrogen (secondary N) is 1. The molecule has 0 atom stereocenters. The lowest BCUT2D eigenvalue weighted by Crippen LogP contribution is -2.40. The SMILES string of the molecule is CCNC(=O)N(CCc1ccc(Cl)cc1Cl)Cc1ccc(OC)c(OCc2ccccc2)c1. The van der Waals surface area contributed by atoms with Gasteiger partial charge in [-0.1, -0.05) is 65.7 Å². The van der Waals surface area contributed by atoms with Crippen molar-refractivity contribution in [2.45, 2.75) is 26.5 Å². The fraction of sp³-hybridized carbons (Fsp3) is 0.269. The lowest BCUT2D eigenvalue weighted by Gasteiger charge is -2.24. The summed E-state index contributed by atoms with van der Waals surface area (Å²) in [4.78, 5) is 14.5. The van der Waals surface area contributed by atoms with Crippen LogP contribution in [0.25, 0.3) is 0 Å². The first-order valence-corrected chi connectivity index (χ1v) is 11.6. The summed E-state index contributed by atoms with van der Waals surface area (Å²) in [7, 11) is 1.61. The molecule has 0 spiro atoms. The fourth-order valence-corrected chi connectivity index (χ4v) is 3.89. The Morgan fingerprint density at radius 1 is 0.970 bits per heavy atom. The largest absolute Gasteiger partial charge is 0.493 e. The zero-order valence-corrected chi connectivity index (χ0v) is 20.3. The van der Waals surface area contributed by atoms with E-state index in [1.807, 2.05) is 61.5 Å². The number of hydrogen-bond acceptors (Lipinski definition) is 3. The molecule has 0 aliphatic heterocycles. The van der Waals surface area contributed by atoms with Gasteiger partial charge in [-0.05, 0) is 54.3 Å². The molecule has 3 rings (SSSR count). The van der Waals surface area contributed by atoms with Crippen molar-refractivity contribution in [1.82, 2.24) is 10.2 Å². The Morgan fingerprint density at radius 2 is 1.76 bits per heavy atom. The first-order chi connectivity index (χ1) is 16.0. The summed E-state index contributed by atoms with van der Waals surface area (Å²) < 4.78 is 11.5. The van der Waals surface area contributed by atoms with Gasteiger partial charge in [0.15, 0.2) is 11.5 Å². The third kappa shape index (κ3) is 7.31. The fourth-order valence-electron chi connectivity index (χ4n) is 3.38. The van der Waals surface area contributed by atoms with Crippen LogP contribution in [0.15, 0.2) is 66.7 Å². The van der Waals surface area contributed by atoms with Crippen molar-refractivity contribution >= 4 is 29.2 Å². The first kappa shape index (κ1) is 24.7. The van der Waals surface area contributed by atoms with Crippen LogP contribution in [0.3, 0.4) is 0 Å². The molecule has 1 N–H and O–H groups in total. The average molecular weight is 487 g/mol. The van der Waals surface area contributed by atoms with Crippen molar-refractivity contribution in [3.8, 4) is 11.5 Å². The highest BCUT2D eigenvalue weighted by Gasteiger charge is 2.16. The molecule has 7 heteroatoms. The Bertz CT molecular complexity index is 1060. The standard InChI is InChI=1S/C26H28Cl2N2O3/c1-3-29-26(31)30(14-13-21-10-11-22(27)16-23(21)28)17-20-9-12-24(32-2)25(15-20)33-18-19-7-5-4-6-8-19/h4-12,15-16H,3,13-14,17-18H2,1-2H3,(H,29,31). The molecule has 33 heavy (non-hydrogen) atoms. The van der Waals surface area contributed by atoms with E-state index >= 15 is 0 Å². The van der Waals surface area contributed by atoms with E-state index in [4.69, 9.17) is 32.7 Å². The molecule has 0 saturated heterocycles. The molecule has 0 heterocycles. The van der Waals surface area contributed by atoms with Crippen LogP contribution in [0.2, 0.25) is 10.0 Å². The quantitative estimate of drug-likeness (QED) is 0.362. The molecule has 0 aromatic heterocycles. The topological polar surface area (TPSA) is 50.8 Å². The van der Waals surface area contributed by atoms with Gasteiger partial charge in [0.25, 0.3) is 0 Å². The summed E-state index contributed by atoms with van der Waals surface area (Å²) in [6.45, 7) is 3.79. The van der Waals surface area contributed by atoms with E-state index in [2.05, 4.69) is 5.32 Å². The van der Waals surface area contributed by atoms with E-state index in [0.29, 0.717) is 54.2 Å². The van der Waals surface area contributed by atoms with Crippen molar-refractivity contribution < 1.29 is 14.3 Å². The monoisotopic (exact) mass is 486 g/mol. The number of hydrogen-bond donors (Lipinski definition) is 1. The van der Waals surface area contributed by atoms with Crippen LogP contribution in [-0.4, -0.2) is 31.1 Å². The minimum absolute atomic E-state index is 0.134. The highest BCUT2D eigenvalue weighted by molar-refractivity contribution is 6.35. The van der Waals surface area contributed by atoms with Crippen molar-refractivity contribution in [1.29, 1.82) is 0 Å². The van der Waals surface area contributed by atoms with E-state index in [0.717, 1.165) is 16.7 Å². The lowest BCUT2D eigenvalue weighted by atomic mass is 10.1. The Labute approximate surface area is 205 Å². The normalized spacial score (nSPS) is 10.5. The second-order valence-electron chi connectivity index (χ2n) is 7.50. The number of methoxy groups -OCH3 is 1. The molecule has 0 radical (unpaired) electrons. The Balaban J connectivity index is 1.74. The summed E-state index contributed by atoms with van der Waals surface area (Å²) in [5, 5.41) is 4.07. The van der Waals surface area contributed by atoms with Crippen molar-refractivity contribution in [3.05, 3.63) is 93.5 Å². The van der Waals surface area contributed by atoms with E-state index in [-0.39, 0.29) is 6.03 Å². The number of amides is 2. The lowest BCUT2D eigenvalue weighted by molar-refractivity contribution is 0.196. The molecule has 5 nitrogen and oxygen atoms in total. The van der Waals surface area contributed by atoms with Gasteiger partial charge < -0.3 is 19.7 Å². The van der Waals surface area contributed by atoms with E-state index in [1.165, 1.54) is 0 Å². The predicted octanol–water partition coefficient (Wildman–Crippen LogP) is 6.36. The summed E-state index contributed by atoms with van der Waals surface area (Å²) in [5.74, 6) is 1.28. The van der Waals surface area contributed by atoms with Gasteiger partial charge in [0, 0.05) is 29.7 Å². The molecule has 3 aromatic carbocycles. The molecule has 174 valence electrons.